The molecule has 1 aromatic rings. The second-order valence-corrected chi connectivity index (χ2v) is 5.73. The lowest BCUT2D eigenvalue weighted by molar-refractivity contribution is 0.113. The van der Waals surface area contributed by atoms with Crippen LogP contribution in [0.2, 0.25) is 5.15 Å². The van der Waals surface area contributed by atoms with Crippen molar-refractivity contribution in [1.82, 2.24) is 15.1 Å². The molecule has 1 aliphatic heterocycles. The van der Waals surface area contributed by atoms with Crippen molar-refractivity contribution in [3.63, 3.8) is 0 Å². The Balaban J connectivity index is 2.30. The fourth-order valence-corrected chi connectivity index (χ4v) is 2.84. The number of aromatic nitrogens is 2. The molecular formula is C13H22ClN3O. The van der Waals surface area contributed by atoms with Gasteiger partial charge in [-0.15, -0.1) is 0 Å². The highest BCUT2D eigenvalue weighted by Gasteiger charge is 2.30. The number of aryl methyl sites for hydroxylation is 1. The summed E-state index contributed by atoms with van der Waals surface area (Å²) in [4.78, 5) is 0. The third-order valence-electron chi connectivity index (χ3n) is 3.61. The molecule has 2 rings (SSSR count). The molecule has 18 heavy (non-hydrogen) atoms. The van der Waals surface area contributed by atoms with E-state index < -0.39 is 6.10 Å². The molecule has 2 atom stereocenters. The summed E-state index contributed by atoms with van der Waals surface area (Å²) in [5, 5.41) is 18.9. The predicted octanol–water partition coefficient (Wildman–Crippen LogP) is 2.37. The van der Waals surface area contributed by atoms with Gasteiger partial charge in [-0.05, 0) is 25.3 Å². The summed E-state index contributed by atoms with van der Waals surface area (Å²) in [6, 6.07) is 0.0953. The van der Waals surface area contributed by atoms with E-state index in [9.17, 15) is 5.11 Å². The Hall–Kier alpha value is -0.580. The van der Waals surface area contributed by atoms with E-state index in [0.717, 1.165) is 30.6 Å². The molecule has 0 amide bonds. The van der Waals surface area contributed by atoms with Gasteiger partial charge in [0.25, 0.3) is 0 Å². The van der Waals surface area contributed by atoms with E-state index >= 15 is 0 Å². The smallest absolute Gasteiger partial charge is 0.132 e. The summed E-state index contributed by atoms with van der Waals surface area (Å²) in [7, 11) is 1.82. The Bertz CT molecular complexity index is 411. The van der Waals surface area contributed by atoms with Crippen LogP contribution in [0, 0.1) is 0 Å². The summed E-state index contributed by atoms with van der Waals surface area (Å²) in [6.07, 6.45) is 2.76. The summed E-state index contributed by atoms with van der Waals surface area (Å²) < 4.78 is 1.65. The van der Waals surface area contributed by atoms with Gasteiger partial charge in [0.05, 0.1) is 11.8 Å². The number of halogens is 1. The van der Waals surface area contributed by atoms with E-state index in [1.165, 1.54) is 6.42 Å². The number of nitrogens with one attached hydrogen (secondary N) is 1. The minimum atomic E-state index is -0.566. The van der Waals surface area contributed by atoms with Gasteiger partial charge in [-0.25, -0.2) is 0 Å². The van der Waals surface area contributed by atoms with E-state index in [2.05, 4.69) is 24.3 Å². The molecule has 102 valence electrons. The van der Waals surface area contributed by atoms with Crippen molar-refractivity contribution in [2.24, 2.45) is 7.05 Å². The number of aliphatic hydroxyl groups is 1. The molecule has 2 heterocycles. The number of aliphatic hydroxyl groups excluding tert-OH is 1. The maximum absolute atomic E-state index is 10.6. The molecule has 1 fully saturated rings. The molecule has 1 aromatic heterocycles. The quantitative estimate of drug-likeness (QED) is 0.887. The van der Waals surface area contributed by atoms with Crippen molar-refractivity contribution < 1.29 is 5.11 Å². The molecule has 4 nitrogen and oxygen atoms in total. The maximum Gasteiger partial charge on any atom is 0.132 e. The Morgan fingerprint density at radius 2 is 2.17 bits per heavy atom. The van der Waals surface area contributed by atoms with Gasteiger partial charge < -0.3 is 10.4 Å². The molecule has 0 radical (unpaired) electrons. The van der Waals surface area contributed by atoms with E-state index in [1.54, 1.807) is 4.68 Å². The van der Waals surface area contributed by atoms with Crippen molar-refractivity contribution in [1.29, 1.82) is 0 Å². The summed E-state index contributed by atoms with van der Waals surface area (Å²) in [6.45, 7) is 5.11. The normalized spacial score (nSPS) is 22.4. The van der Waals surface area contributed by atoms with E-state index in [0.29, 0.717) is 5.15 Å². The van der Waals surface area contributed by atoms with E-state index in [-0.39, 0.29) is 12.0 Å². The van der Waals surface area contributed by atoms with Gasteiger partial charge >= 0.3 is 0 Å². The highest BCUT2D eigenvalue weighted by molar-refractivity contribution is 6.30. The van der Waals surface area contributed by atoms with Crippen LogP contribution in [0.25, 0.3) is 0 Å². The lowest BCUT2D eigenvalue weighted by Gasteiger charge is -2.28. The van der Waals surface area contributed by atoms with E-state index in [4.69, 9.17) is 11.6 Å². The minimum Gasteiger partial charge on any atom is -0.387 e. The molecule has 2 N–H and O–H groups in total. The van der Waals surface area contributed by atoms with Crippen LogP contribution in [0.5, 0.6) is 0 Å². The predicted molar refractivity (Wildman–Crippen MR) is 72.9 cm³/mol. The van der Waals surface area contributed by atoms with Gasteiger partial charge in [0.15, 0.2) is 0 Å². The van der Waals surface area contributed by atoms with Gasteiger partial charge in [-0.3, -0.25) is 4.68 Å². The van der Waals surface area contributed by atoms with Gasteiger partial charge in [0.2, 0.25) is 0 Å². The maximum atomic E-state index is 10.6. The zero-order chi connectivity index (χ0) is 13.3. The number of rotatable bonds is 3. The van der Waals surface area contributed by atoms with E-state index in [1.807, 2.05) is 7.05 Å². The van der Waals surface area contributed by atoms with Crippen molar-refractivity contribution in [2.45, 2.75) is 51.2 Å². The molecular weight excluding hydrogens is 250 g/mol. The molecule has 0 spiro atoms. The minimum absolute atomic E-state index is 0.0953. The highest BCUT2D eigenvalue weighted by atomic mass is 35.5. The number of piperidine rings is 1. The van der Waals surface area contributed by atoms with Gasteiger partial charge in [-0.1, -0.05) is 31.9 Å². The zero-order valence-corrected chi connectivity index (χ0v) is 12.0. The summed E-state index contributed by atoms with van der Waals surface area (Å²) in [5.74, 6) is 0.261. The van der Waals surface area contributed by atoms with Gasteiger partial charge in [-0.2, -0.15) is 5.10 Å². The Morgan fingerprint density at radius 3 is 2.72 bits per heavy atom. The summed E-state index contributed by atoms with van der Waals surface area (Å²) >= 11 is 6.28. The average molecular weight is 272 g/mol. The molecule has 2 unspecified atom stereocenters. The molecule has 1 saturated heterocycles. The first-order chi connectivity index (χ1) is 8.52. The Labute approximate surface area is 113 Å². The van der Waals surface area contributed by atoms with Crippen LogP contribution in [0.3, 0.4) is 0 Å². The third kappa shape index (κ3) is 2.56. The molecule has 0 saturated carbocycles. The molecule has 0 aromatic carbocycles. The van der Waals surface area contributed by atoms with Gasteiger partial charge in [0, 0.05) is 18.7 Å². The first-order valence-corrected chi connectivity index (χ1v) is 7.04. The van der Waals surface area contributed by atoms with Gasteiger partial charge in [0.1, 0.15) is 5.15 Å². The van der Waals surface area contributed by atoms with Crippen LogP contribution in [0.15, 0.2) is 0 Å². The first-order valence-electron chi connectivity index (χ1n) is 6.66. The molecule has 0 aliphatic carbocycles. The summed E-state index contributed by atoms with van der Waals surface area (Å²) in [5.41, 5.74) is 1.70. The fraction of sp³-hybridized carbons (Fsp3) is 0.769. The highest BCUT2D eigenvalue weighted by Crippen LogP contribution is 2.34. The zero-order valence-electron chi connectivity index (χ0n) is 11.3. The van der Waals surface area contributed by atoms with Crippen LogP contribution in [-0.2, 0) is 7.05 Å². The molecule has 0 bridgehead atoms. The Morgan fingerprint density at radius 1 is 1.44 bits per heavy atom. The van der Waals surface area contributed by atoms with Crippen molar-refractivity contribution >= 4 is 11.6 Å². The second kappa shape index (κ2) is 5.59. The van der Waals surface area contributed by atoms with Crippen LogP contribution in [0.1, 0.15) is 56.4 Å². The first kappa shape index (κ1) is 13.8. The largest absolute Gasteiger partial charge is 0.387 e. The van der Waals surface area contributed by atoms with Crippen molar-refractivity contribution in [3.8, 4) is 0 Å². The molecule has 1 aliphatic rings. The van der Waals surface area contributed by atoms with Crippen LogP contribution in [-0.4, -0.2) is 27.5 Å². The lowest BCUT2D eigenvalue weighted by atomic mass is 9.93. The van der Waals surface area contributed by atoms with Crippen LogP contribution >= 0.6 is 11.6 Å². The Kier molecular flexibility index (Phi) is 4.30. The standard InChI is InChI=1S/C13H22ClN3O/c1-8(2)11-10(13(14)17(3)16-11)12(18)9-6-4-5-7-15-9/h8-9,12,15,18H,4-7H2,1-3H3. The number of hydrogen-bond acceptors (Lipinski definition) is 3. The lowest BCUT2D eigenvalue weighted by Crippen LogP contribution is -2.39. The fourth-order valence-electron chi connectivity index (χ4n) is 2.59. The number of hydrogen-bond donors (Lipinski definition) is 2. The van der Waals surface area contributed by atoms with Crippen LogP contribution in [0.4, 0.5) is 0 Å². The SMILES string of the molecule is CC(C)c1nn(C)c(Cl)c1C(O)C1CCCCN1. The second-order valence-electron chi connectivity index (χ2n) is 5.37. The van der Waals surface area contributed by atoms with Crippen molar-refractivity contribution in [2.75, 3.05) is 6.54 Å². The topological polar surface area (TPSA) is 50.1 Å². The average Bonchev–Trinajstić information content (AvgIpc) is 2.66. The monoisotopic (exact) mass is 271 g/mol. The van der Waals surface area contributed by atoms with Crippen LogP contribution < -0.4 is 5.32 Å². The number of nitrogens with zero attached hydrogens (tertiary/aromatic N) is 2. The van der Waals surface area contributed by atoms with Crippen molar-refractivity contribution in [3.05, 3.63) is 16.4 Å². The molecule has 5 heteroatoms. The third-order valence-corrected chi connectivity index (χ3v) is 4.06.